The Labute approximate surface area is 268 Å². The number of amides is 3. The highest BCUT2D eigenvalue weighted by Gasteiger charge is 2.41. The first-order valence-corrected chi connectivity index (χ1v) is 15.9. The Morgan fingerprint density at radius 3 is 2.36 bits per heavy atom. The lowest BCUT2D eigenvalue weighted by Gasteiger charge is -2.44. The number of hydrogen-bond acceptors (Lipinski definition) is 10. The van der Waals surface area contributed by atoms with Crippen molar-refractivity contribution in [2.75, 3.05) is 71.5 Å². The molecule has 2 fully saturated rings. The van der Waals surface area contributed by atoms with E-state index in [1.807, 2.05) is 34.6 Å². The third-order valence-electron chi connectivity index (χ3n) is 7.57. The fraction of sp³-hybridized carbons (Fsp3) is 0.781. The number of nitrogens with one attached hydrogen (secondary N) is 1. The zero-order chi connectivity index (χ0) is 33.5. The highest BCUT2D eigenvalue weighted by atomic mass is 16.6. The predicted molar refractivity (Wildman–Crippen MR) is 170 cm³/mol. The van der Waals surface area contributed by atoms with Crippen LogP contribution in [0.1, 0.15) is 78.0 Å². The Kier molecular flexibility index (Phi) is 12.6. The van der Waals surface area contributed by atoms with Gasteiger partial charge in [0.05, 0.1) is 37.9 Å². The SMILES string of the molecule is COCC(O)CNc1nc(C(C)(C)C)ncc1C(=O)N(CC(C)C)[C@H]1C[C@@H](C(=O)N2CCOCC2)CN(C(=O)OC(C)(C)C)C1. The summed E-state index contributed by atoms with van der Waals surface area (Å²) in [6.45, 7) is 18.4. The Hall–Kier alpha value is -3.03. The topological polar surface area (TPSA) is 147 Å². The van der Waals surface area contributed by atoms with Gasteiger partial charge in [0.2, 0.25) is 5.91 Å². The lowest BCUT2D eigenvalue weighted by atomic mass is 9.91. The summed E-state index contributed by atoms with van der Waals surface area (Å²) < 4.78 is 16.2. The van der Waals surface area contributed by atoms with Crippen molar-refractivity contribution in [1.82, 2.24) is 24.7 Å². The zero-order valence-electron chi connectivity index (χ0n) is 28.6. The van der Waals surface area contributed by atoms with Crippen LogP contribution in [0, 0.1) is 11.8 Å². The number of methoxy groups -OCH3 is 1. The standard InChI is InChI=1S/C32H54N6O7/c1-21(2)17-38(28(41)25-16-34-29(31(3,4)5)35-26(25)33-15-24(39)20-43-9)23-14-22(27(40)36-10-12-44-13-11-36)18-37(19-23)30(42)45-32(6,7)8/h16,21-24,39H,10-15,17-20H2,1-9H3,(H,33,34,35)/t22-,23+,24?/m1/s1. The van der Waals surface area contributed by atoms with E-state index in [4.69, 9.17) is 19.2 Å². The number of morpholine rings is 1. The second-order valence-corrected chi connectivity index (χ2v) is 14.5. The van der Waals surface area contributed by atoms with Crippen molar-refractivity contribution in [3.63, 3.8) is 0 Å². The molecule has 0 radical (unpaired) electrons. The van der Waals surface area contributed by atoms with Gasteiger partial charge < -0.3 is 39.3 Å². The molecule has 3 rings (SSSR count). The molecule has 45 heavy (non-hydrogen) atoms. The van der Waals surface area contributed by atoms with Crippen molar-refractivity contribution >= 4 is 23.7 Å². The fourth-order valence-electron chi connectivity index (χ4n) is 5.44. The number of likely N-dealkylation sites (tertiary alicyclic amines) is 1. The third kappa shape index (κ3) is 10.5. The number of aromatic nitrogens is 2. The van der Waals surface area contributed by atoms with Crippen LogP contribution in [0.15, 0.2) is 6.20 Å². The van der Waals surface area contributed by atoms with Gasteiger partial charge in [-0.25, -0.2) is 14.8 Å². The molecule has 2 aliphatic rings. The van der Waals surface area contributed by atoms with Gasteiger partial charge in [-0.1, -0.05) is 34.6 Å². The lowest BCUT2D eigenvalue weighted by Crippen LogP contribution is -2.58. The smallest absolute Gasteiger partial charge is 0.410 e. The molecule has 0 aromatic carbocycles. The summed E-state index contributed by atoms with van der Waals surface area (Å²) in [6.07, 6.45) is 0.588. The average molecular weight is 635 g/mol. The van der Waals surface area contributed by atoms with E-state index in [0.29, 0.717) is 50.9 Å². The molecule has 1 unspecified atom stereocenters. The molecule has 0 spiro atoms. The lowest BCUT2D eigenvalue weighted by molar-refractivity contribution is -0.142. The third-order valence-corrected chi connectivity index (χ3v) is 7.57. The van der Waals surface area contributed by atoms with Crippen LogP contribution in [0.5, 0.6) is 0 Å². The maximum Gasteiger partial charge on any atom is 0.410 e. The first kappa shape index (κ1) is 36.4. The van der Waals surface area contributed by atoms with Gasteiger partial charge in [0.1, 0.15) is 22.8 Å². The van der Waals surface area contributed by atoms with Gasteiger partial charge in [-0.15, -0.1) is 0 Å². The van der Waals surface area contributed by atoms with E-state index in [9.17, 15) is 19.5 Å². The summed E-state index contributed by atoms with van der Waals surface area (Å²) in [4.78, 5) is 55.9. The summed E-state index contributed by atoms with van der Waals surface area (Å²) in [5, 5.41) is 13.5. The molecule has 13 nitrogen and oxygen atoms in total. The van der Waals surface area contributed by atoms with Crippen LogP contribution < -0.4 is 5.32 Å². The second-order valence-electron chi connectivity index (χ2n) is 14.5. The van der Waals surface area contributed by atoms with Crippen LogP contribution in [0.4, 0.5) is 10.6 Å². The van der Waals surface area contributed by atoms with Crippen LogP contribution in [-0.2, 0) is 24.4 Å². The number of hydrogen-bond donors (Lipinski definition) is 2. The highest BCUT2D eigenvalue weighted by Crippen LogP contribution is 2.29. The van der Waals surface area contributed by atoms with Crippen molar-refractivity contribution in [1.29, 1.82) is 0 Å². The molecule has 1 aromatic rings. The van der Waals surface area contributed by atoms with E-state index < -0.39 is 29.8 Å². The minimum atomic E-state index is -0.814. The molecule has 0 saturated carbocycles. The van der Waals surface area contributed by atoms with Crippen molar-refractivity contribution in [3.8, 4) is 0 Å². The molecule has 254 valence electrons. The van der Waals surface area contributed by atoms with Crippen molar-refractivity contribution < 1.29 is 33.7 Å². The predicted octanol–water partition coefficient (Wildman–Crippen LogP) is 2.78. The van der Waals surface area contributed by atoms with Crippen LogP contribution >= 0.6 is 0 Å². The molecule has 2 N–H and O–H groups in total. The second kappa shape index (κ2) is 15.5. The monoisotopic (exact) mass is 634 g/mol. The van der Waals surface area contributed by atoms with Gasteiger partial charge in [0, 0.05) is 58.0 Å². The van der Waals surface area contributed by atoms with E-state index in [1.54, 1.807) is 35.5 Å². The van der Waals surface area contributed by atoms with Crippen molar-refractivity contribution in [2.45, 2.75) is 85.0 Å². The van der Waals surface area contributed by atoms with Crippen molar-refractivity contribution in [3.05, 3.63) is 17.6 Å². The summed E-state index contributed by atoms with van der Waals surface area (Å²) in [6, 6.07) is -0.467. The number of nitrogens with zero attached hydrogens (tertiary/aromatic N) is 5. The molecule has 2 aliphatic heterocycles. The first-order valence-electron chi connectivity index (χ1n) is 15.9. The van der Waals surface area contributed by atoms with Crippen LogP contribution in [0.2, 0.25) is 0 Å². The van der Waals surface area contributed by atoms with Gasteiger partial charge in [0.15, 0.2) is 0 Å². The maximum absolute atomic E-state index is 14.5. The van der Waals surface area contributed by atoms with E-state index >= 15 is 0 Å². The molecule has 1 aromatic heterocycles. The summed E-state index contributed by atoms with van der Waals surface area (Å²) in [5.74, 6) is 0.0575. The average Bonchev–Trinajstić information content (AvgIpc) is 2.97. The zero-order valence-corrected chi connectivity index (χ0v) is 28.6. The number of anilines is 1. The summed E-state index contributed by atoms with van der Waals surface area (Å²) in [5.41, 5.74) is -0.856. The molecular weight excluding hydrogens is 580 g/mol. The number of carbonyl (C=O) groups is 3. The number of ether oxygens (including phenoxy) is 3. The number of aliphatic hydroxyl groups excluding tert-OH is 1. The Balaban J connectivity index is 2.00. The number of rotatable bonds is 10. The number of carbonyl (C=O) groups excluding carboxylic acids is 3. The molecule has 2 saturated heterocycles. The molecule has 3 heterocycles. The van der Waals surface area contributed by atoms with Crippen molar-refractivity contribution in [2.24, 2.45) is 11.8 Å². The van der Waals surface area contributed by atoms with Gasteiger partial charge in [0.25, 0.3) is 5.91 Å². The van der Waals surface area contributed by atoms with Crippen LogP contribution in [0.3, 0.4) is 0 Å². The molecular formula is C32H54N6O7. The minimum absolute atomic E-state index is 0.0548. The summed E-state index contributed by atoms with van der Waals surface area (Å²) >= 11 is 0. The number of aliphatic hydroxyl groups is 1. The van der Waals surface area contributed by atoms with E-state index in [1.165, 1.54) is 13.3 Å². The van der Waals surface area contributed by atoms with Crippen LogP contribution in [-0.4, -0.2) is 132 Å². The highest BCUT2D eigenvalue weighted by molar-refractivity contribution is 5.98. The maximum atomic E-state index is 14.5. The van der Waals surface area contributed by atoms with Gasteiger partial charge >= 0.3 is 6.09 Å². The largest absolute Gasteiger partial charge is 0.444 e. The van der Waals surface area contributed by atoms with Gasteiger partial charge in [-0.05, 0) is 33.1 Å². The minimum Gasteiger partial charge on any atom is -0.444 e. The van der Waals surface area contributed by atoms with Crippen LogP contribution in [0.25, 0.3) is 0 Å². The van der Waals surface area contributed by atoms with E-state index in [-0.39, 0.29) is 55.0 Å². The summed E-state index contributed by atoms with van der Waals surface area (Å²) in [7, 11) is 1.51. The number of piperidine rings is 1. The first-order chi connectivity index (χ1) is 21.0. The molecule has 3 atom stereocenters. The Bertz CT molecular complexity index is 1160. The quantitative estimate of drug-likeness (QED) is 0.394. The fourth-order valence-corrected chi connectivity index (χ4v) is 5.44. The normalized spacial score (nSPS) is 20.2. The molecule has 3 amide bonds. The molecule has 0 bridgehead atoms. The molecule has 0 aliphatic carbocycles. The Morgan fingerprint density at radius 1 is 1.11 bits per heavy atom. The Morgan fingerprint density at radius 2 is 1.78 bits per heavy atom. The van der Waals surface area contributed by atoms with E-state index in [0.717, 1.165) is 0 Å². The van der Waals surface area contributed by atoms with Gasteiger partial charge in [-0.2, -0.15) is 0 Å². The molecule has 13 heteroatoms. The van der Waals surface area contributed by atoms with Gasteiger partial charge in [-0.3, -0.25) is 9.59 Å². The van der Waals surface area contributed by atoms with E-state index in [2.05, 4.69) is 10.3 Å².